The summed E-state index contributed by atoms with van der Waals surface area (Å²) in [5, 5.41) is 6.67. The van der Waals surface area contributed by atoms with Crippen LogP contribution in [-0.4, -0.2) is 20.9 Å². The first-order valence-corrected chi connectivity index (χ1v) is 7.17. The molecular formula is C16H19N5. The number of nitrogens with zero attached hydrogens (tertiary/aromatic N) is 3. The molecule has 0 radical (unpaired) electrons. The number of hydrogen-bond acceptors (Lipinski definition) is 4. The molecule has 21 heavy (non-hydrogen) atoms. The molecule has 0 saturated heterocycles. The van der Waals surface area contributed by atoms with Crippen molar-refractivity contribution < 1.29 is 0 Å². The maximum atomic E-state index is 4.63. The summed E-state index contributed by atoms with van der Waals surface area (Å²) in [6.07, 6.45) is 6.72. The highest BCUT2D eigenvalue weighted by Gasteiger charge is 2.07. The van der Waals surface area contributed by atoms with E-state index in [1.807, 2.05) is 28.9 Å². The lowest BCUT2D eigenvalue weighted by molar-refractivity contribution is 0.962. The smallest absolute Gasteiger partial charge is 0.180 e. The molecule has 0 atom stereocenters. The third-order valence-corrected chi connectivity index (χ3v) is 3.21. The Labute approximate surface area is 124 Å². The van der Waals surface area contributed by atoms with Crippen molar-refractivity contribution in [2.75, 3.05) is 17.2 Å². The Kier molecular flexibility index (Phi) is 3.73. The molecule has 0 spiro atoms. The quantitative estimate of drug-likeness (QED) is 0.750. The second kappa shape index (κ2) is 5.83. The fourth-order valence-electron chi connectivity index (χ4n) is 2.21. The van der Waals surface area contributed by atoms with Gasteiger partial charge < -0.3 is 15.0 Å². The van der Waals surface area contributed by atoms with Crippen LogP contribution in [0.1, 0.15) is 18.9 Å². The average molecular weight is 281 g/mol. The predicted molar refractivity (Wildman–Crippen MR) is 86.2 cm³/mol. The standard InChI is InChI=1S/C16H19N5/c1-3-7-17-14-11-21-9-8-18-16(21)15(20-14)19-13-6-4-5-12(2)10-13/h4-6,8-11,17H,3,7H2,1-2H3,(H,19,20). The van der Waals surface area contributed by atoms with Crippen LogP contribution >= 0.6 is 0 Å². The van der Waals surface area contributed by atoms with Crippen LogP contribution < -0.4 is 10.6 Å². The van der Waals surface area contributed by atoms with Gasteiger partial charge in [0.15, 0.2) is 11.5 Å². The highest BCUT2D eigenvalue weighted by atomic mass is 15.1. The molecule has 1 aromatic carbocycles. The second-order valence-electron chi connectivity index (χ2n) is 5.05. The third kappa shape index (κ3) is 2.97. The summed E-state index contributed by atoms with van der Waals surface area (Å²) in [5.41, 5.74) is 3.04. The van der Waals surface area contributed by atoms with Crippen molar-refractivity contribution >= 4 is 23.0 Å². The van der Waals surface area contributed by atoms with Gasteiger partial charge in [-0.3, -0.25) is 0 Å². The lowest BCUT2D eigenvalue weighted by Crippen LogP contribution is -2.06. The molecule has 0 amide bonds. The van der Waals surface area contributed by atoms with E-state index in [1.165, 1.54) is 5.56 Å². The monoisotopic (exact) mass is 281 g/mol. The molecule has 0 aliphatic heterocycles. The fraction of sp³-hybridized carbons (Fsp3) is 0.250. The maximum absolute atomic E-state index is 4.63. The average Bonchev–Trinajstić information content (AvgIpc) is 2.94. The van der Waals surface area contributed by atoms with Gasteiger partial charge in [0.2, 0.25) is 0 Å². The van der Waals surface area contributed by atoms with E-state index < -0.39 is 0 Å². The zero-order valence-electron chi connectivity index (χ0n) is 12.3. The van der Waals surface area contributed by atoms with Gasteiger partial charge in [0, 0.05) is 24.6 Å². The van der Waals surface area contributed by atoms with Crippen molar-refractivity contribution in [3.63, 3.8) is 0 Å². The van der Waals surface area contributed by atoms with Crippen LogP contribution in [0.5, 0.6) is 0 Å². The number of aryl methyl sites for hydroxylation is 1. The summed E-state index contributed by atoms with van der Waals surface area (Å²) in [6.45, 7) is 5.11. The van der Waals surface area contributed by atoms with Crippen molar-refractivity contribution in [3.8, 4) is 0 Å². The van der Waals surface area contributed by atoms with E-state index in [4.69, 9.17) is 0 Å². The molecule has 3 aromatic rings. The van der Waals surface area contributed by atoms with E-state index in [2.05, 4.69) is 46.6 Å². The number of fused-ring (bicyclic) bond motifs is 1. The van der Waals surface area contributed by atoms with Crippen LogP contribution in [0.25, 0.3) is 5.65 Å². The van der Waals surface area contributed by atoms with E-state index >= 15 is 0 Å². The third-order valence-electron chi connectivity index (χ3n) is 3.21. The molecular weight excluding hydrogens is 262 g/mol. The SMILES string of the molecule is CCCNc1cn2ccnc2c(Nc2cccc(C)c2)n1. The van der Waals surface area contributed by atoms with Gasteiger partial charge in [-0.2, -0.15) is 0 Å². The molecule has 0 aliphatic rings. The summed E-state index contributed by atoms with van der Waals surface area (Å²) in [7, 11) is 0. The molecule has 2 aromatic heterocycles. The van der Waals surface area contributed by atoms with E-state index in [1.54, 1.807) is 6.20 Å². The number of benzene rings is 1. The molecule has 0 fully saturated rings. The molecule has 0 bridgehead atoms. The van der Waals surface area contributed by atoms with Gasteiger partial charge in [0.25, 0.3) is 0 Å². The Morgan fingerprint density at radius 2 is 2.19 bits per heavy atom. The van der Waals surface area contributed by atoms with Crippen LogP contribution in [0, 0.1) is 6.92 Å². The minimum Gasteiger partial charge on any atom is -0.369 e. The van der Waals surface area contributed by atoms with Gasteiger partial charge in [-0.25, -0.2) is 9.97 Å². The van der Waals surface area contributed by atoms with Crippen LogP contribution in [0.4, 0.5) is 17.3 Å². The van der Waals surface area contributed by atoms with Gasteiger partial charge in [-0.05, 0) is 31.0 Å². The zero-order valence-corrected chi connectivity index (χ0v) is 12.3. The van der Waals surface area contributed by atoms with E-state index in [0.29, 0.717) is 0 Å². The first-order valence-electron chi connectivity index (χ1n) is 7.17. The van der Waals surface area contributed by atoms with Crippen molar-refractivity contribution in [1.82, 2.24) is 14.4 Å². The minimum absolute atomic E-state index is 0.756. The Balaban J connectivity index is 1.97. The minimum atomic E-state index is 0.756. The van der Waals surface area contributed by atoms with E-state index in [-0.39, 0.29) is 0 Å². The molecule has 2 heterocycles. The largest absolute Gasteiger partial charge is 0.369 e. The zero-order chi connectivity index (χ0) is 14.7. The van der Waals surface area contributed by atoms with Crippen LogP contribution in [-0.2, 0) is 0 Å². The van der Waals surface area contributed by atoms with E-state index in [0.717, 1.165) is 35.9 Å². The second-order valence-corrected chi connectivity index (χ2v) is 5.05. The number of imidazole rings is 1. The summed E-state index contributed by atoms with van der Waals surface area (Å²) >= 11 is 0. The highest BCUT2D eigenvalue weighted by molar-refractivity contribution is 5.71. The molecule has 0 unspecified atom stereocenters. The number of hydrogen-bond donors (Lipinski definition) is 2. The molecule has 0 saturated carbocycles. The summed E-state index contributed by atoms with van der Waals surface area (Å²) in [6, 6.07) is 8.22. The Bertz CT molecular complexity index is 747. The van der Waals surface area contributed by atoms with Gasteiger partial charge >= 0.3 is 0 Å². The normalized spacial score (nSPS) is 10.8. The van der Waals surface area contributed by atoms with Gasteiger partial charge in [-0.15, -0.1) is 0 Å². The van der Waals surface area contributed by atoms with Crippen molar-refractivity contribution in [3.05, 3.63) is 48.4 Å². The first kappa shape index (κ1) is 13.4. The number of rotatable bonds is 5. The number of anilines is 3. The summed E-state index contributed by atoms with van der Waals surface area (Å²) in [4.78, 5) is 9.00. The topological polar surface area (TPSA) is 54.2 Å². The lowest BCUT2D eigenvalue weighted by atomic mass is 10.2. The first-order chi connectivity index (χ1) is 10.3. The van der Waals surface area contributed by atoms with Gasteiger partial charge in [-0.1, -0.05) is 19.1 Å². The van der Waals surface area contributed by atoms with Gasteiger partial charge in [0.1, 0.15) is 5.82 Å². The molecule has 2 N–H and O–H groups in total. The Morgan fingerprint density at radius 3 is 3.00 bits per heavy atom. The molecule has 3 rings (SSSR count). The summed E-state index contributed by atoms with van der Waals surface area (Å²) in [5.74, 6) is 1.60. The van der Waals surface area contributed by atoms with Crippen molar-refractivity contribution in [2.24, 2.45) is 0 Å². The highest BCUT2D eigenvalue weighted by Crippen LogP contribution is 2.21. The number of nitrogens with one attached hydrogen (secondary N) is 2. The summed E-state index contributed by atoms with van der Waals surface area (Å²) < 4.78 is 1.98. The van der Waals surface area contributed by atoms with Crippen molar-refractivity contribution in [1.29, 1.82) is 0 Å². The van der Waals surface area contributed by atoms with Crippen LogP contribution in [0.2, 0.25) is 0 Å². The van der Waals surface area contributed by atoms with Crippen LogP contribution in [0.3, 0.4) is 0 Å². The van der Waals surface area contributed by atoms with Crippen LogP contribution in [0.15, 0.2) is 42.9 Å². The molecule has 0 aliphatic carbocycles. The Morgan fingerprint density at radius 1 is 1.29 bits per heavy atom. The fourth-order valence-corrected chi connectivity index (χ4v) is 2.21. The molecule has 5 heteroatoms. The van der Waals surface area contributed by atoms with Gasteiger partial charge in [0.05, 0.1) is 6.20 Å². The molecule has 108 valence electrons. The number of aromatic nitrogens is 3. The molecule has 5 nitrogen and oxygen atoms in total. The van der Waals surface area contributed by atoms with Crippen molar-refractivity contribution in [2.45, 2.75) is 20.3 Å². The predicted octanol–water partition coefficient (Wildman–Crippen LogP) is 3.60. The lowest BCUT2D eigenvalue weighted by Gasteiger charge is -2.11. The van der Waals surface area contributed by atoms with E-state index in [9.17, 15) is 0 Å². The Hall–Kier alpha value is -2.56. The maximum Gasteiger partial charge on any atom is 0.180 e.